The summed E-state index contributed by atoms with van der Waals surface area (Å²) in [5, 5.41) is 5.19. The zero-order valence-corrected chi connectivity index (χ0v) is 11.8. The smallest absolute Gasteiger partial charge is 0.249 e. The highest BCUT2D eigenvalue weighted by Crippen LogP contribution is 2.14. The minimum atomic E-state index is -0.359. The van der Waals surface area contributed by atoms with Gasteiger partial charge in [-0.2, -0.15) is 0 Å². The first-order chi connectivity index (χ1) is 9.16. The zero-order chi connectivity index (χ0) is 13.7. The fraction of sp³-hybridized carbons (Fsp3) is 0.267. The van der Waals surface area contributed by atoms with E-state index in [0.29, 0.717) is 5.56 Å². The van der Waals surface area contributed by atoms with Crippen LogP contribution in [0.1, 0.15) is 26.4 Å². The van der Waals surface area contributed by atoms with E-state index in [9.17, 15) is 4.79 Å². The lowest BCUT2D eigenvalue weighted by atomic mass is 10.1. The number of carbonyl (C=O) groups is 1. The molecular formula is C15H18N2OS. The Bertz CT molecular complexity index is 563. The van der Waals surface area contributed by atoms with Crippen molar-refractivity contribution in [3.8, 4) is 0 Å². The standard InChI is InChI=1S/C15H18N2OS/c1-11-4-2-3-5-12(11)6-7-17-9-14-8-13(10-19-14)15(16)18/h2-5,8,10,17H,6-7,9H2,1H3,(H2,16,18). The van der Waals surface area contributed by atoms with Gasteiger partial charge in [0.25, 0.3) is 0 Å². The van der Waals surface area contributed by atoms with Crippen LogP contribution in [0.15, 0.2) is 35.7 Å². The fourth-order valence-corrected chi connectivity index (χ4v) is 2.77. The number of hydrogen-bond acceptors (Lipinski definition) is 3. The van der Waals surface area contributed by atoms with Crippen LogP contribution in [0.3, 0.4) is 0 Å². The van der Waals surface area contributed by atoms with Gasteiger partial charge >= 0.3 is 0 Å². The Morgan fingerprint density at radius 1 is 1.37 bits per heavy atom. The summed E-state index contributed by atoms with van der Waals surface area (Å²) in [7, 11) is 0. The molecular weight excluding hydrogens is 256 g/mol. The van der Waals surface area contributed by atoms with Crippen LogP contribution in [0.2, 0.25) is 0 Å². The van der Waals surface area contributed by atoms with Crippen LogP contribution in [0.25, 0.3) is 0 Å². The third-order valence-corrected chi connectivity index (χ3v) is 4.01. The largest absolute Gasteiger partial charge is 0.366 e. The highest BCUT2D eigenvalue weighted by molar-refractivity contribution is 7.10. The number of carbonyl (C=O) groups excluding carboxylic acids is 1. The summed E-state index contributed by atoms with van der Waals surface area (Å²) >= 11 is 1.56. The van der Waals surface area contributed by atoms with Crippen molar-refractivity contribution in [3.63, 3.8) is 0 Å². The Kier molecular flexibility index (Phi) is 4.71. The van der Waals surface area contributed by atoms with Gasteiger partial charge in [-0.25, -0.2) is 0 Å². The minimum absolute atomic E-state index is 0.359. The molecule has 0 atom stereocenters. The second kappa shape index (κ2) is 6.50. The first kappa shape index (κ1) is 13.8. The van der Waals surface area contributed by atoms with Crippen molar-refractivity contribution < 1.29 is 4.79 Å². The number of benzene rings is 1. The topological polar surface area (TPSA) is 55.1 Å². The molecule has 100 valence electrons. The summed E-state index contributed by atoms with van der Waals surface area (Å²) in [4.78, 5) is 12.1. The Morgan fingerprint density at radius 3 is 2.84 bits per heavy atom. The molecule has 0 radical (unpaired) electrons. The van der Waals surface area contributed by atoms with Crippen molar-refractivity contribution in [2.75, 3.05) is 6.54 Å². The Balaban J connectivity index is 1.77. The van der Waals surface area contributed by atoms with Crippen LogP contribution in [0, 0.1) is 6.92 Å². The number of nitrogens with one attached hydrogen (secondary N) is 1. The maximum atomic E-state index is 11.0. The predicted octanol–water partition coefficient (Wildman–Crippen LogP) is 2.49. The van der Waals surface area contributed by atoms with E-state index in [0.717, 1.165) is 24.4 Å². The number of primary amides is 1. The van der Waals surface area contributed by atoms with Gasteiger partial charge in [0, 0.05) is 16.8 Å². The molecule has 3 nitrogen and oxygen atoms in total. The molecule has 0 aliphatic rings. The molecule has 2 aromatic rings. The van der Waals surface area contributed by atoms with Crippen LogP contribution in [0.5, 0.6) is 0 Å². The van der Waals surface area contributed by atoms with Gasteiger partial charge in [0.05, 0.1) is 5.56 Å². The molecule has 1 heterocycles. The number of amides is 1. The van der Waals surface area contributed by atoms with E-state index < -0.39 is 0 Å². The van der Waals surface area contributed by atoms with Crippen molar-refractivity contribution in [3.05, 3.63) is 57.3 Å². The van der Waals surface area contributed by atoms with Gasteiger partial charge in [-0.3, -0.25) is 4.79 Å². The normalized spacial score (nSPS) is 10.6. The van der Waals surface area contributed by atoms with E-state index in [1.54, 1.807) is 16.7 Å². The van der Waals surface area contributed by atoms with E-state index in [1.165, 1.54) is 11.1 Å². The zero-order valence-electron chi connectivity index (χ0n) is 11.0. The Hall–Kier alpha value is -1.65. The summed E-state index contributed by atoms with van der Waals surface area (Å²) in [6.45, 7) is 3.84. The molecule has 19 heavy (non-hydrogen) atoms. The third-order valence-electron chi connectivity index (χ3n) is 3.07. The van der Waals surface area contributed by atoms with Crippen molar-refractivity contribution in [1.29, 1.82) is 0 Å². The third kappa shape index (κ3) is 3.91. The van der Waals surface area contributed by atoms with Crippen LogP contribution in [-0.4, -0.2) is 12.5 Å². The highest BCUT2D eigenvalue weighted by Gasteiger charge is 2.04. The summed E-state index contributed by atoms with van der Waals surface area (Å²) < 4.78 is 0. The van der Waals surface area contributed by atoms with Gasteiger partial charge in [0.2, 0.25) is 5.91 Å². The van der Waals surface area contributed by atoms with E-state index in [1.807, 2.05) is 6.07 Å². The number of thiophene rings is 1. The fourth-order valence-electron chi connectivity index (χ4n) is 1.93. The lowest BCUT2D eigenvalue weighted by Gasteiger charge is -2.06. The second-order valence-corrected chi connectivity index (χ2v) is 5.51. The van der Waals surface area contributed by atoms with E-state index in [-0.39, 0.29) is 5.91 Å². The molecule has 1 aromatic heterocycles. The average molecular weight is 274 g/mol. The lowest BCUT2D eigenvalue weighted by molar-refractivity contribution is 0.100. The van der Waals surface area contributed by atoms with Gasteiger partial charge in [0.1, 0.15) is 0 Å². The van der Waals surface area contributed by atoms with Crippen LogP contribution in [0.4, 0.5) is 0 Å². The second-order valence-electron chi connectivity index (χ2n) is 4.52. The molecule has 0 aliphatic heterocycles. The number of hydrogen-bond donors (Lipinski definition) is 2. The monoisotopic (exact) mass is 274 g/mol. The molecule has 0 unspecified atom stereocenters. The predicted molar refractivity (Wildman–Crippen MR) is 79.4 cm³/mol. The molecule has 2 rings (SSSR count). The van der Waals surface area contributed by atoms with Crippen molar-refractivity contribution in [2.45, 2.75) is 19.9 Å². The molecule has 0 saturated heterocycles. The summed E-state index contributed by atoms with van der Waals surface area (Å²) in [6, 6.07) is 10.3. The molecule has 3 N–H and O–H groups in total. The maximum absolute atomic E-state index is 11.0. The van der Waals surface area contributed by atoms with Gasteiger partial charge in [-0.15, -0.1) is 11.3 Å². The Morgan fingerprint density at radius 2 is 2.16 bits per heavy atom. The SMILES string of the molecule is Cc1ccccc1CCNCc1cc(C(N)=O)cs1. The van der Waals surface area contributed by atoms with Crippen molar-refractivity contribution in [2.24, 2.45) is 5.73 Å². The summed E-state index contributed by atoms with van der Waals surface area (Å²) in [5.74, 6) is -0.359. The summed E-state index contributed by atoms with van der Waals surface area (Å²) in [6.07, 6.45) is 1.01. The average Bonchev–Trinajstić information content (AvgIpc) is 2.85. The van der Waals surface area contributed by atoms with E-state index in [4.69, 9.17) is 5.73 Å². The summed E-state index contributed by atoms with van der Waals surface area (Å²) in [5.41, 5.74) is 8.52. The molecule has 4 heteroatoms. The molecule has 0 aliphatic carbocycles. The number of nitrogens with two attached hydrogens (primary N) is 1. The minimum Gasteiger partial charge on any atom is -0.366 e. The van der Waals surface area contributed by atoms with E-state index in [2.05, 4.69) is 36.5 Å². The maximum Gasteiger partial charge on any atom is 0.249 e. The number of rotatable bonds is 6. The van der Waals surface area contributed by atoms with Crippen LogP contribution in [-0.2, 0) is 13.0 Å². The van der Waals surface area contributed by atoms with Gasteiger partial charge in [-0.1, -0.05) is 24.3 Å². The van der Waals surface area contributed by atoms with E-state index >= 15 is 0 Å². The lowest BCUT2D eigenvalue weighted by Crippen LogP contribution is -2.16. The molecule has 1 aromatic carbocycles. The van der Waals surface area contributed by atoms with Crippen molar-refractivity contribution in [1.82, 2.24) is 5.32 Å². The molecule has 0 spiro atoms. The first-order valence-corrected chi connectivity index (χ1v) is 7.17. The van der Waals surface area contributed by atoms with Crippen molar-refractivity contribution >= 4 is 17.2 Å². The van der Waals surface area contributed by atoms with Gasteiger partial charge in [-0.05, 0) is 37.1 Å². The first-order valence-electron chi connectivity index (χ1n) is 6.29. The molecule has 1 amide bonds. The number of aryl methyl sites for hydroxylation is 1. The molecule has 0 saturated carbocycles. The molecule has 0 bridgehead atoms. The quantitative estimate of drug-likeness (QED) is 0.795. The van der Waals surface area contributed by atoms with Gasteiger partial charge < -0.3 is 11.1 Å². The van der Waals surface area contributed by atoms with Gasteiger partial charge in [0.15, 0.2) is 0 Å². The molecule has 0 fully saturated rings. The van der Waals surface area contributed by atoms with Crippen LogP contribution < -0.4 is 11.1 Å². The highest BCUT2D eigenvalue weighted by atomic mass is 32.1. The van der Waals surface area contributed by atoms with Crippen LogP contribution >= 0.6 is 11.3 Å². The Labute approximate surface area is 117 Å².